The number of nitrogens with one attached hydrogen (secondary N) is 1. The Bertz CT molecular complexity index is 963. The number of oxime groups is 1. The van der Waals surface area contributed by atoms with Crippen LogP contribution in [-0.4, -0.2) is 54.0 Å². The SMILES string of the molecule is O=C(Nc1ncns1)C(=NO[C@@H]1CCOC1)c1ccc(S(=O)(=O)C2CC2)cc1. The van der Waals surface area contributed by atoms with Crippen LogP contribution in [0, 0.1) is 0 Å². The smallest absolute Gasteiger partial charge is 0.280 e. The molecule has 1 saturated heterocycles. The number of hydrogen-bond acceptors (Lipinski definition) is 9. The molecule has 1 atom stereocenters. The zero-order valence-corrected chi connectivity index (χ0v) is 16.4. The third-order valence-corrected chi connectivity index (χ3v) is 7.26. The van der Waals surface area contributed by atoms with Gasteiger partial charge < -0.3 is 9.57 Å². The summed E-state index contributed by atoms with van der Waals surface area (Å²) in [7, 11) is -3.30. The number of benzene rings is 1. The molecule has 1 saturated carbocycles. The van der Waals surface area contributed by atoms with Crippen LogP contribution in [-0.2, 0) is 24.2 Å². The molecule has 9 nitrogen and oxygen atoms in total. The van der Waals surface area contributed by atoms with Gasteiger partial charge in [-0.3, -0.25) is 10.1 Å². The Morgan fingerprint density at radius 2 is 2.04 bits per heavy atom. The molecule has 1 aromatic carbocycles. The normalized spacial score (nSPS) is 20.1. The highest BCUT2D eigenvalue weighted by atomic mass is 32.2. The molecular formula is C17H18N4O5S2. The lowest BCUT2D eigenvalue weighted by molar-refractivity contribution is -0.110. The fourth-order valence-electron chi connectivity index (χ4n) is 2.71. The number of anilines is 1. The van der Waals surface area contributed by atoms with Crippen molar-refractivity contribution in [3.63, 3.8) is 0 Å². The summed E-state index contributed by atoms with van der Waals surface area (Å²) in [6, 6.07) is 6.11. The number of ether oxygens (including phenoxy) is 1. The topological polar surface area (TPSA) is 120 Å². The predicted octanol–water partition coefficient (Wildman–Crippen LogP) is 1.62. The predicted molar refractivity (Wildman–Crippen MR) is 102 cm³/mol. The molecule has 28 heavy (non-hydrogen) atoms. The van der Waals surface area contributed by atoms with Crippen LogP contribution in [0.2, 0.25) is 0 Å². The number of carbonyl (C=O) groups is 1. The number of amides is 1. The monoisotopic (exact) mass is 422 g/mol. The summed E-state index contributed by atoms with van der Waals surface area (Å²) < 4.78 is 33.8. The van der Waals surface area contributed by atoms with Crippen molar-refractivity contribution in [2.24, 2.45) is 5.16 Å². The molecule has 0 spiro atoms. The average Bonchev–Trinajstić information content (AvgIpc) is 3.20. The van der Waals surface area contributed by atoms with Crippen molar-refractivity contribution in [2.75, 3.05) is 18.5 Å². The van der Waals surface area contributed by atoms with Crippen LogP contribution in [0.3, 0.4) is 0 Å². The lowest BCUT2D eigenvalue weighted by Gasteiger charge is -2.10. The van der Waals surface area contributed by atoms with Gasteiger partial charge in [0.1, 0.15) is 6.33 Å². The summed E-state index contributed by atoms with van der Waals surface area (Å²) in [5.41, 5.74) is 0.466. The highest BCUT2D eigenvalue weighted by Gasteiger charge is 2.36. The standard InChI is InChI=1S/C17H18N4O5S2/c22-16(20-17-18-10-19-27-17)15(21-26-12-7-8-25-9-12)11-1-3-13(4-2-11)28(23,24)14-5-6-14/h1-4,10,12,14H,5-9H2,(H,18,19,20,22)/t12-/m1/s1. The van der Waals surface area contributed by atoms with Gasteiger partial charge in [-0.15, -0.1) is 0 Å². The molecule has 11 heteroatoms. The van der Waals surface area contributed by atoms with Crippen LogP contribution in [0.4, 0.5) is 5.13 Å². The number of carbonyl (C=O) groups excluding carboxylic acids is 1. The van der Waals surface area contributed by atoms with E-state index >= 15 is 0 Å². The van der Waals surface area contributed by atoms with Crippen LogP contribution in [0.1, 0.15) is 24.8 Å². The van der Waals surface area contributed by atoms with Crippen LogP contribution in [0.15, 0.2) is 40.6 Å². The van der Waals surface area contributed by atoms with Gasteiger partial charge in [0.05, 0.1) is 23.4 Å². The van der Waals surface area contributed by atoms with E-state index in [-0.39, 0.29) is 22.0 Å². The minimum Gasteiger partial charge on any atom is -0.389 e. The second-order valence-corrected chi connectivity index (χ2v) is 9.51. The Balaban J connectivity index is 1.58. The minimum absolute atomic E-state index is 0.0254. The van der Waals surface area contributed by atoms with E-state index in [1.807, 2.05) is 0 Å². The van der Waals surface area contributed by atoms with E-state index in [0.717, 1.165) is 11.5 Å². The maximum Gasteiger partial charge on any atom is 0.280 e. The van der Waals surface area contributed by atoms with Gasteiger partial charge >= 0.3 is 0 Å². The molecule has 0 unspecified atom stereocenters. The molecule has 2 heterocycles. The van der Waals surface area contributed by atoms with Gasteiger partial charge in [-0.25, -0.2) is 13.4 Å². The Morgan fingerprint density at radius 3 is 2.64 bits per heavy atom. The third kappa shape index (κ3) is 4.21. The van der Waals surface area contributed by atoms with Gasteiger partial charge in [0.2, 0.25) is 5.13 Å². The second-order valence-electron chi connectivity index (χ2n) is 6.50. The van der Waals surface area contributed by atoms with Gasteiger partial charge in [0, 0.05) is 23.5 Å². The van der Waals surface area contributed by atoms with E-state index in [0.29, 0.717) is 43.2 Å². The van der Waals surface area contributed by atoms with E-state index in [2.05, 4.69) is 19.8 Å². The first-order valence-corrected chi connectivity index (χ1v) is 11.1. The van der Waals surface area contributed by atoms with Crippen molar-refractivity contribution < 1.29 is 22.8 Å². The third-order valence-electron chi connectivity index (χ3n) is 4.40. The molecular weight excluding hydrogens is 404 g/mol. The lowest BCUT2D eigenvalue weighted by Crippen LogP contribution is -2.25. The zero-order valence-electron chi connectivity index (χ0n) is 14.8. The molecule has 1 N–H and O–H groups in total. The maximum absolute atomic E-state index is 12.7. The zero-order chi connectivity index (χ0) is 19.6. The van der Waals surface area contributed by atoms with Crippen molar-refractivity contribution in [2.45, 2.75) is 35.5 Å². The summed E-state index contributed by atoms with van der Waals surface area (Å²) in [5, 5.41) is 6.68. The highest BCUT2D eigenvalue weighted by Crippen LogP contribution is 2.33. The van der Waals surface area contributed by atoms with Crippen LogP contribution in [0.5, 0.6) is 0 Å². The first-order chi connectivity index (χ1) is 13.5. The molecule has 2 aromatic rings. The summed E-state index contributed by atoms with van der Waals surface area (Å²) in [6.07, 6.45) is 3.18. The molecule has 1 amide bonds. The van der Waals surface area contributed by atoms with Crippen LogP contribution in [0.25, 0.3) is 0 Å². The van der Waals surface area contributed by atoms with Crippen LogP contribution >= 0.6 is 11.5 Å². The Kier molecular flexibility index (Phi) is 5.38. The van der Waals surface area contributed by atoms with Crippen molar-refractivity contribution in [1.29, 1.82) is 0 Å². The van der Waals surface area contributed by atoms with Gasteiger partial charge in [-0.1, -0.05) is 17.3 Å². The summed E-state index contributed by atoms with van der Waals surface area (Å²) >= 11 is 1.04. The quantitative estimate of drug-likeness (QED) is 0.532. The van der Waals surface area contributed by atoms with Crippen molar-refractivity contribution in [3.8, 4) is 0 Å². The largest absolute Gasteiger partial charge is 0.389 e. The molecule has 2 fully saturated rings. The lowest BCUT2D eigenvalue weighted by atomic mass is 10.1. The summed E-state index contributed by atoms with van der Waals surface area (Å²) in [4.78, 5) is 22.3. The average molecular weight is 422 g/mol. The van der Waals surface area contributed by atoms with E-state index in [4.69, 9.17) is 9.57 Å². The summed E-state index contributed by atoms with van der Waals surface area (Å²) in [5.74, 6) is -0.520. The van der Waals surface area contributed by atoms with Crippen molar-refractivity contribution in [1.82, 2.24) is 9.36 Å². The number of nitrogens with zero attached hydrogens (tertiary/aromatic N) is 3. The van der Waals surface area contributed by atoms with E-state index in [9.17, 15) is 13.2 Å². The molecule has 4 rings (SSSR count). The minimum atomic E-state index is -3.30. The second kappa shape index (κ2) is 7.94. The Morgan fingerprint density at radius 1 is 1.25 bits per heavy atom. The fraction of sp³-hybridized carbons (Fsp3) is 0.412. The molecule has 2 aliphatic rings. The van der Waals surface area contributed by atoms with Gasteiger partial charge in [-0.05, 0) is 25.0 Å². The van der Waals surface area contributed by atoms with E-state index < -0.39 is 15.7 Å². The van der Waals surface area contributed by atoms with Gasteiger partial charge in [-0.2, -0.15) is 4.37 Å². The van der Waals surface area contributed by atoms with Gasteiger partial charge in [0.15, 0.2) is 21.7 Å². The number of rotatable bonds is 7. The number of sulfone groups is 1. The molecule has 1 aliphatic heterocycles. The van der Waals surface area contributed by atoms with Gasteiger partial charge in [0.25, 0.3) is 5.91 Å². The molecule has 0 radical (unpaired) electrons. The van der Waals surface area contributed by atoms with Crippen molar-refractivity contribution in [3.05, 3.63) is 36.2 Å². The maximum atomic E-state index is 12.7. The molecule has 1 aliphatic carbocycles. The number of aromatic nitrogens is 2. The summed E-state index contributed by atoms with van der Waals surface area (Å²) in [6.45, 7) is 0.994. The number of hydrogen-bond donors (Lipinski definition) is 1. The first kappa shape index (κ1) is 19.0. The molecule has 148 valence electrons. The first-order valence-electron chi connectivity index (χ1n) is 8.78. The van der Waals surface area contributed by atoms with Crippen LogP contribution < -0.4 is 5.32 Å². The van der Waals surface area contributed by atoms with E-state index in [1.54, 1.807) is 12.1 Å². The molecule has 0 bridgehead atoms. The Labute approximate surface area is 165 Å². The molecule has 1 aromatic heterocycles. The van der Waals surface area contributed by atoms with E-state index in [1.165, 1.54) is 18.5 Å². The fourth-order valence-corrected chi connectivity index (χ4v) is 4.79. The van der Waals surface area contributed by atoms with Crippen molar-refractivity contribution >= 4 is 38.1 Å². The highest BCUT2D eigenvalue weighted by molar-refractivity contribution is 7.92. The Hall–Kier alpha value is -2.37.